The molecule has 0 bridgehead atoms. The molecule has 1 saturated heterocycles. The lowest BCUT2D eigenvalue weighted by Crippen LogP contribution is -2.44. The zero-order valence-electron chi connectivity index (χ0n) is 14.4. The Bertz CT molecular complexity index is 993. The number of phenols is 2. The minimum atomic E-state index is -0.228. The zero-order valence-corrected chi connectivity index (χ0v) is 16.8. The number of hydrogen-bond acceptors (Lipinski definition) is 7. The number of aromatic nitrogens is 2. The predicted molar refractivity (Wildman–Crippen MR) is 108 cm³/mol. The Kier molecular flexibility index (Phi) is 4.94. The van der Waals surface area contributed by atoms with Gasteiger partial charge in [0.1, 0.15) is 28.1 Å². The van der Waals surface area contributed by atoms with E-state index in [2.05, 4.69) is 10.2 Å². The highest BCUT2D eigenvalue weighted by Gasteiger charge is 2.32. The van der Waals surface area contributed by atoms with Crippen LogP contribution in [0.1, 0.15) is 11.3 Å². The van der Waals surface area contributed by atoms with Crippen LogP contribution in [0.25, 0.3) is 11.3 Å². The summed E-state index contributed by atoms with van der Waals surface area (Å²) in [5.41, 5.74) is 2.46. The summed E-state index contributed by atoms with van der Waals surface area (Å²) in [5, 5.41) is 27.1. The quantitative estimate of drug-likeness (QED) is 0.627. The van der Waals surface area contributed by atoms with Crippen molar-refractivity contribution in [2.75, 3.05) is 18.8 Å². The van der Waals surface area contributed by atoms with Gasteiger partial charge in [0.25, 0.3) is 0 Å². The third kappa shape index (κ3) is 3.31. The van der Waals surface area contributed by atoms with Crippen molar-refractivity contribution in [2.45, 2.75) is 13.0 Å². The number of H-pyrrole nitrogens is 1. The van der Waals surface area contributed by atoms with Crippen molar-refractivity contribution in [1.82, 2.24) is 20.0 Å². The standard InChI is InChI=1S/C17H15ClN4O4S2/c18-10-3-8(12(23)4-13(10)24)16-9-5-21(2-1-11(9)19-20-16)14(25)6-22-15(26)7-28-17(22)27/h3-4,23-24H,1-2,5-7H2,(H,19,20). The summed E-state index contributed by atoms with van der Waals surface area (Å²) >= 11 is 12.4. The van der Waals surface area contributed by atoms with Crippen molar-refractivity contribution in [3.8, 4) is 22.8 Å². The molecule has 4 rings (SSSR count). The van der Waals surface area contributed by atoms with Crippen molar-refractivity contribution in [1.29, 1.82) is 0 Å². The maximum absolute atomic E-state index is 12.7. The van der Waals surface area contributed by atoms with Crippen LogP contribution in [-0.2, 0) is 22.6 Å². The molecule has 3 heterocycles. The van der Waals surface area contributed by atoms with Gasteiger partial charge in [-0.1, -0.05) is 35.6 Å². The number of aromatic hydroxyl groups is 2. The summed E-state index contributed by atoms with van der Waals surface area (Å²) in [4.78, 5) is 27.6. The molecule has 0 radical (unpaired) electrons. The number of thiocarbonyl (C=S) groups is 1. The largest absolute Gasteiger partial charge is 0.507 e. The van der Waals surface area contributed by atoms with E-state index < -0.39 is 0 Å². The Hall–Kier alpha value is -2.30. The molecule has 1 aromatic carbocycles. The number of nitrogens with zero attached hydrogens (tertiary/aromatic N) is 3. The third-order valence-corrected chi connectivity index (χ3v) is 6.48. The molecule has 28 heavy (non-hydrogen) atoms. The zero-order chi connectivity index (χ0) is 20.0. The average Bonchev–Trinajstić information content (AvgIpc) is 3.22. The maximum Gasteiger partial charge on any atom is 0.242 e. The summed E-state index contributed by atoms with van der Waals surface area (Å²) in [7, 11) is 0. The first kappa shape index (κ1) is 19.0. The van der Waals surface area contributed by atoms with Gasteiger partial charge in [-0.25, -0.2) is 0 Å². The molecule has 1 fully saturated rings. The fourth-order valence-corrected chi connectivity index (χ4v) is 4.47. The normalized spacial score (nSPS) is 16.6. The number of carbonyl (C=O) groups is 2. The molecule has 146 valence electrons. The molecular formula is C17H15ClN4O4S2. The van der Waals surface area contributed by atoms with Crippen LogP contribution in [0.15, 0.2) is 12.1 Å². The van der Waals surface area contributed by atoms with Crippen molar-refractivity contribution in [2.24, 2.45) is 0 Å². The molecule has 0 unspecified atom stereocenters. The van der Waals surface area contributed by atoms with E-state index >= 15 is 0 Å². The maximum atomic E-state index is 12.7. The number of hydrogen-bond donors (Lipinski definition) is 3. The van der Waals surface area contributed by atoms with Crippen LogP contribution in [0, 0.1) is 0 Å². The lowest BCUT2D eigenvalue weighted by atomic mass is 10.00. The summed E-state index contributed by atoms with van der Waals surface area (Å²) in [6, 6.07) is 2.59. The van der Waals surface area contributed by atoms with E-state index in [1.54, 1.807) is 4.90 Å². The first-order valence-electron chi connectivity index (χ1n) is 8.38. The first-order valence-corrected chi connectivity index (χ1v) is 10.1. The van der Waals surface area contributed by atoms with Gasteiger partial charge in [-0.3, -0.25) is 19.6 Å². The smallest absolute Gasteiger partial charge is 0.242 e. The van der Waals surface area contributed by atoms with Crippen LogP contribution in [0.3, 0.4) is 0 Å². The van der Waals surface area contributed by atoms with Crippen molar-refractivity contribution < 1.29 is 19.8 Å². The van der Waals surface area contributed by atoms with Gasteiger partial charge >= 0.3 is 0 Å². The summed E-state index contributed by atoms with van der Waals surface area (Å²) in [6.07, 6.45) is 0.563. The van der Waals surface area contributed by atoms with Crippen LogP contribution >= 0.6 is 35.6 Å². The molecule has 8 nitrogen and oxygen atoms in total. The van der Waals surface area contributed by atoms with Gasteiger partial charge in [0.05, 0.1) is 10.8 Å². The molecule has 2 amide bonds. The Balaban J connectivity index is 1.58. The van der Waals surface area contributed by atoms with Gasteiger partial charge in [-0.05, 0) is 6.07 Å². The van der Waals surface area contributed by atoms with Gasteiger partial charge < -0.3 is 15.1 Å². The summed E-state index contributed by atoms with van der Waals surface area (Å²) in [6.45, 7) is 0.682. The van der Waals surface area contributed by atoms with E-state index in [9.17, 15) is 19.8 Å². The number of aromatic amines is 1. The van der Waals surface area contributed by atoms with Crippen LogP contribution in [-0.4, -0.2) is 65.2 Å². The molecule has 1 aromatic heterocycles. The van der Waals surface area contributed by atoms with E-state index in [0.717, 1.165) is 17.3 Å². The van der Waals surface area contributed by atoms with Gasteiger partial charge in [-0.2, -0.15) is 5.10 Å². The van der Waals surface area contributed by atoms with Gasteiger partial charge in [0, 0.05) is 42.4 Å². The van der Waals surface area contributed by atoms with Crippen LogP contribution < -0.4 is 0 Å². The molecule has 0 aliphatic carbocycles. The van der Waals surface area contributed by atoms with Crippen LogP contribution in [0.5, 0.6) is 11.5 Å². The van der Waals surface area contributed by atoms with Gasteiger partial charge in [0.15, 0.2) is 0 Å². The van der Waals surface area contributed by atoms with Crippen LogP contribution in [0.4, 0.5) is 0 Å². The number of phenolic OH excluding ortho intramolecular Hbond substituents is 2. The lowest BCUT2D eigenvalue weighted by Gasteiger charge is -2.29. The monoisotopic (exact) mass is 438 g/mol. The molecule has 0 saturated carbocycles. The second kappa shape index (κ2) is 7.26. The highest BCUT2D eigenvalue weighted by Crippen LogP contribution is 2.39. The molecule has 3 N–H and O–H groups in total. The fourth-order valence-electron chi connectivity index (χ4n) is 3.24. The van der Waals surface area contributed by atoms with E-state index in [4.69, 9.17) is 23.8 Å². The minimum absolute atomic E-state index is 0.0799. The highest BCUT2D eigenvalue weighted by atomic mass is 35.5. The van der Waals surface area contributed by atoms with Crippen molar-refractivity contribution >= 4 is 51.7 Å². The molecule has 2 aliphatic heterocycles. The first-order chi connectivity index (χ1) is 13.3. The number of carbonyl (C=O) groups excluding carboxylic acids is 2. The number of benzene rings is 1. The van der Waals surface area contributed by atoms with E-state index in [-0.39, 0.29) is 47.2 Å². The fraction of sp³-hybridized carbons (Fsp3) is 0.294. The van der Waals surface area contributed by atoms with Gasteiger partial charge in [-0.15, -0.1) is 0 Å². The topological polar surface area (TPSA) is 110 Å². The summed E-state index contributed by atoms with van der Waals surface area (Å²) < 4.78 is 0.420. The van der Waals surface area contributed by atoms with Gasteiger partial charge in [0.2, 0.25) is 11.8 Å². The predicted octanol–water partition coefficient (Wildman–Crippen LogP) is 1.89. The second-order valence-corrected chi connectivity index (χ2v) is 8.47. The average molecular weight is 439 g/mol. The SMILES string of the molecule is O=C(CN1C(=O)CSC1=S)N1CCc2[nH]nc(-c3cc(Cl)c(O)cc3O)c2C1. The number of rotatable bonds is 3. The highest BCUT2D eigenvalue weighted by molar-refractivity contribution is 8.23. The van der Waals surface area contributed by atoms with Crippen molar-refractivity contribution in [3.05, 3.63) is 28.4 Å². The molecule has 0 spiro atoms. The Labute approximate surface area is 174 Å². The minimum Gasteiger partial charge on any atom is -0.507 e. The van der Waals surface area contributed by atoms with E-state index in [1.807, 2.05) is 0 Å². The molecule has 0 atom stereocenters. The number of amides is 2. The Morgan fingerprint density at radius 1 is 1.36 bits per heavy atom. The van der Waals surface area contributed by atoms with Crippen LogP contribution in [0.2, 0.25) is 5.02 Å². The molecular weight excluding hydrogens is 424 g/mol. The number of halogens is 1. The number of thioether (sulfide) groups is 1. The third-order valence-electron chi connectivity index (χ3n) is 4.74. The molecule has 11 heteroatoms. The van der Waals surface area contributed by atoms with E-state index in [0.29, 0.717) is 28.5 Å². The number of fused-ring (bicyclic) bond motifs is 1. The second-order valence-electron chi connectivity index (χ2n) is 6.45. The Morgan fingerprint density at radius 3 is 2.86 bits per heavy atom. The molecule has 2 aromatic rings. The van der Waals surface area contributed by atoms with E-state index in [1.165, 1.54) is 22.7 Å². The summed E-state index contributed by atoms with van der Waals surface area (Å²) in [5.74, 6) is -0.487. The van der Waals surface area contributed by atoms with Crippen molar-refractivity contribution in [3.63, 3.8) is 0 Å². The molecule has 2 aliphatic rings. The lowest BCUT2D eigenvalue weighted by molar-refractivity contribution is -0.136. The Morgan fingerprint density at radius 2 is 2.14 bits per heavy atom. The number of nitrogens with one attached hydrogen (secondary N) is 1.